The van der Waals surface area contributed by atoms with Gasteiger partial charge in [-0.2, -0.15) is 0 Å². The van der Waals surface area contributed by atoms with Gasteiger partial charge in [0.2, 0.25) is 0 Å². The molecule has 0 saturated carbocycles. The van der Waals surface area contributed by atoms with Gasteiger partial charge in [-0.3, -0.25) is 9.59 Å². The van der Waals surface area contributed by atoms with Crippen molar-refractivity contribution in [1.82, 2.24) is 5.32 Å². The largest absolute Gasteiger partial charge is 0.573 e. The first-order valence-electron chi connectivity index (χ1n) is 5.67. The molecule has 1 aromatic rings. The van der Waals surface area contributed by atoms with E-state index in [0.717, 1.165) is 18.2 Å². The van der Waals surface area contributed by atoms with E-state index in [0.29, 0.717) is 0 Å². The molecule has 1 amide bonds. The van der Waals surface area contributed by atoms with Crippen LogP contribution in [-0.4, -0.2) is 29.4 Å². The lowest BCUT2D eigenvalue weighted by molar-refractivity contribution is -0.274. The number of alkyl halides is 3. The van der Waals surface area contributed by atoms with Crippen LogP contribution in [0.2, 0.25) is 0 Å². The van der Waals surface area contributed by atoms with Crippen LogP contribution >= 0.6 is 0 Å². The topological polar surface area (TPSA) is 75.6 Å². The summed E-state index contributed by atoms with van der Waals surface area (Å²) in [5.41, 5.74) is -0.938. The lowest BCUT2D eigenvalue weighted by atomic mass is 10.1. The Morgan fingerprint density at radius 3 is 2.52 bits per heavy atom. The summed E-state index contributed by atoms with van der Waals surface area (Å²) in [6, 6.07) is 1.63. The van der Waals surface area contributed by atoms with Crippen molar-refractivity contribution in [3.63, 3.8) is 0 Å². The van der Waals surface area contributed by atoms with E-state index in [9.17, 15) is 27.2 Å². The smallest absolute Gasteiger partial charge is 0.481 e. The van der Waals surface area contributed by atoms with E-state index in [-0.39, 0.29) is 0 Å². The van der Waals surface area contributed by atoms with Crippen molar-refractivity contribution in [1.29, 1.82) is 0 Å². The van der Waals surface area contributed by atoms with Crippen LogP contribution < -0.4 is 10.1 Å². The van der Waals surface area contributed by atoms with Crippen LogP contribution in [0.1, 0.15) is 23.7 Å². The van der Waals surface area contributed by atoms with Gasteiger partial charge < -0.3 is 15.2 Å². The fraction of sp³-hybridized carbons (Fsp3) is 0.333. The summed E-state index contributed by atoms with van der Waals surface area (Å²) in [6.45, 7) is 1.32. The molecule has 0 spiro atoms. The van der Waals surface area contributed by atoms with Gasteiger partial charge in [-0.25, -0.2) is 4.39 Å². The number of amides is 1. The van der Waals surface area contributed by atoms with Gasteiger partial charge in [-0.15, -0.1) is 13.2 Å². The maximum absolute atomic E-state index is 13.6. The van der Waals surface area contributed by atoms with E-state index in [1.165, 1.54) is 6.92 Å². The van der Waals surface area contributed by atoms with Crippen LogP contribution in [-0.2, 0) is 4.79 Å². The highest BCUT2D eigenvalue weighted by Crippen LogP contribution is 2.28. The summed E-state index contributed by atoms with van der Waals surface area (Å²) in [5, 5.41) is 10.6. The number of aliphatic carboxylic acids is 1. The van der Waals surface area contributed by atoms with Gasteiger partial charge in [0.15, 0.2) is 0 Å². The van der Waals surface area contributed by atoms with Gasteiger partial charge in [-0.05, 0) is 19.1 Å². The summed E-state index contributed by atoms with van der Waals surface area (Å²) < 4.78 is 53.7. The van der Waals surface area contributed by atoms with Crippen molar-refractivity contribution < 1.29 is 37.0 Å². The number of ether oxygens (including phenoxy) is 1. The number of carbonyl (C=O) groups excluding carboxylic acids is 1. The Morgan fingerprint density at radius 1 is 1.38 bits per heavy atom. The van der Waals surface area contributed by atoms with E-state index >= 15 is 0 Å². The quantitative estimate of drug-likeness (QED) is 0.819. The van der Waals surface area contributed by atoms with Crippen LogP contribution in [0.15, 0.2) is 18.2 Å². The predicted molar refractivity (Wildman–Crippen MR) is 62.3 cm³/mol. The molecule has 5 nitrogen and oxygen atoms in total. The highest BCUT2D eigenvalue weighted by Gasteiger charge is 2.34. The molecule has 1 atom stereocenters. The molecule has 0 saturated heterocycles. The molecule has 116 valence electrons. The first-order valence-corrected chi connectivity index (χ1v) is 5.67. The fourth-order valence-corrected chi connectivity index (χ4v) is 1.54. The Hall–Kier alpha value is -2.32. The standard InChI is InChI=1S/C12H11F4NO4/c1-6(5-9(18)19)17-11(20)10-7(13)3-2-4-8(10)21-12(14,15)16/h2-4,6H,5H2,1H3,(H,17,20)(H,18,19)/t6-/m1/s1. The van der Waals surface area contributed by atoms with Crippen LogP contribution in [0.4, 0.5) is 17.6 Å². The Kier molecular flexibility index (Phi) is 5.12. The van der Waals surface area contributed by atoms with Crippen LogP contribution in [0.5, 0.6) is 5.75 Å². The number of benzene rings is 1. The SMILES string of the molecule is C[C@H](CC(=O)O)NC(=O)c1c(F)cccc1OC(F)(F)F. The van der Waals surface area contributed by atoms with Gasteiger partial charge in [0.25, 0.3) is 5.91 Å². The molecule has 1 rings (SSSR count). The summed E-state index contributed by atoms with van der Waals surface area (Å²) in [4.78, 5) is 22.2. The molecule has 9 heteroatoms. The summed E-state index contributed by atoms with van der Waals surface area (Å²) in [5.74, 6) is -4.62. The zero-order valence-electron chi connectivity index (χ0n) is 10.7. The average Bonchev–Trinajstić information content (AvgIpc) is 2.24. The fourth-order valence-electron chi connectivity index (χ4n) is 1.54. The van der Waals surface area contributed by atoms with Crippen molar-refractivity contribution >= 4 is 11.9 Å². The molecule has 1 aromatic carbocycles. The van der Waals surface area contributed by atoms with E-state index in [1.807, 2.05) is 0 Å². The maximum Gasteiger partial charge on any atom is 0.573 e. The van der Waals surface area contributed by atoms with Crippen LogP contribution in [0, 0.1) is 5.82 Å². The number of hydrogen-bond acceptors (Lipinski definition) is 3. The number of hydrogen-bond donors (Lipinski definition) is 2. The van der Waals surface area contributed by atoms with Gasteiger partial charge in [0.05, 0.1) is 6.42 Å². The molecule has 0 fully saturated rings. The molecule has 0 aliphatic heterocycles. The molecule has 21 heavy (non-hydrogen) atoms. The zero-order chi connectivity index (χ0) is 16.2. The lowest BCUT2D eigenvalue weighted by Gasteiger charge is -2.16. The van der Waals surface area contributed by atoms with E-state index < -0.39 is 47.8 Å². The third-order valence-corrected chi connectivity index (χ3v) is 2.29. The molecular formula is C12H11F4NO4. The molecule has 0 aliphatic rings. The third kappa shape index (κ3) is 5.28. The Morgan fingerprint density at radius 2 is 2.00 bits per heavy atom. The van der Waals surface area contributed by atoms with Gasteiger partial charge in [0.1, 0.15) is 17.1 Å². The van der Waals surface area contributed by atoms with Crippen molar-refractivity contribution in [2.45, 2.75) is 25.7 Å². The minimum atomic E-state index is -5.09. The van der Waals surface area contributed by atoms with Crippen molar-refractivity contribution in [2.75, 3.05) is 0 Å². The Labute approximate surface area is 116 Å². The second-order valence-corrected chi connectivity index (χ2v) is 4.13. The second kappa shape index (κ2) is 6.42. The second-order valence-electron chi connectivity index (χ2n) is 4.13. The molecule has 0 bridgehead atoms. The summed E-state index contributed by atoms with van der Waals surface area (Å²) in [7, 11) is 0. The van der Waals surface area contributed by atoms with Crippen molar-refractivity contribution in [3.8, 4) is 5.75 Å². The van der Waals surface area contributed by atoms with Gasteiger partial charge >= 0.3 is 12.3 Å². The highest BCUT2D eigenvalue weighted by atomic mass is 19.4. The normalized spacial score (nSPS) is 12.6. The molecule has 0 radical (unpaired) electrons. The molecule has 2 N–H and O–H groups in total. The number of carboxylic acids is 1. The number of halogens is 4. The Balaban J connectivity index is 3.00. The summed E-state index contributed by atoms with van der Waals surface area (Å²) >= 11 is 0. The third-order valence-electron chi connectivity index (χ3n) is 2.29. The minimum absolute atomic E-state index is 0.463. The number of rotatable bonds is 5. The average molecular weight is 309 g/mol. The molecule has 0 heterocycles. The van der Waals surface area contributed by atoms with Crippen molar-refractivity contribution in [2.24, 2.45) is 0 Å². The van der Waals surface area contributed by atoms with Crippen LogP contribution in [0.3, 0.4) is 0 Å². The maximum atomic E-state index is 13.6. The lowest BCUT2D eigenvalue weighted by Crippen LogP contribution is -2.35. The Bertz CT molecular complexity index is 545. The molecular weight excluding hydrogens is 298 g/mol. The number of carboxylic acid groups (broad SMARTS) is 1. The molecule has 0 aromatic heterocycles. The highest BCUT2D eigenvalue weighted by molar-refractivity contribution is 5.97. The van der Waals surface area contributed by atoms with E-state index in [4.69, 9.17) is 5.11 Å². The first kappa shape index (κ1) is 16.7. The van der Waals surface area contributed by atoms with Gasteiger partial charge in [0, 0.05) is 6.04 Å². The van der Waals surface area contributed by atoms with E-state index in [2.05, 4.69) is 10.1 Å². The van der Waals surface area contributed by atoms with Crippen LogP contribution in [0.25, 0.3) is 0 Å². The monoisotopic (exact) mass is 309 g/mol. The van der Waals surface area contributed by atoms with Gasteiger partial charge in [-0.1, -0.05) is 6.07 Å². The predicted octanol–water partition coefficient (Wildman–Crippen LogP) is 2.32. The van der Waals surface area contributed by atoms with E-state index in [1.54, 1.807) is 0 Å². The molecule has 0 unspecified atom stereocenters. The summed E-state index contributed by atoms with van der Waals surface area (Å²) in [6.07, 6.45) is -5.55. The zero-order valence-corrected chi connectivity index (χ0v) is 10.7. The first-order chi connectivity index (χ1) is 9.60. The molecule has 0 aliphatic carbocycles. The minimum Gasteiger partial charge on any atom is -0.481 e. The number of carbonyl (C=O) groups is 2. The number of nitrogens with one attached hydrogen (secondary N) is 1. The van der Waals surface area contributed by atoms with Crippen molar-refractivity contribution in [3.05, 3.63) is 29.6 Å².